The number of nitrogens with zero attached hydrogens (tertiary/aromatic N) is 5. The fraction of sp³-hybridized carbons (Fsp3) is 0.471. The third kappa shape index (κ3) is 3.68. The Morgan fingerprint density at radius 1 is 0.960 bits per heavy atom. The minimum atomic E-state index is -0.0409. The van der Waals surface area contributed by atoms with Gasteiger partial charge in [0, 0.05) is 56.5 Å². The summed E-state index contributed by atoms with van der Waals surface area (Å²) in [6, 6.07) is 9.53. The van der Waals surface area contributed by atoms with E-state index >= 15 is 0 Å². The molecule has 0 aliphatic carbocycles. The molecule has 0 saturated carbocycles. The summed E-state index contributed by atoms with van der Waals surface area (Å²) in [5, 5.41) is 3.91. The van der Waals surface area contributed by atoms with Crippen molar-refractivity contribution in [1.82, 2.24) is 14.3 Å². The minimum absolute atomic E-state index is 0.0409. The Kier molecular flexibility index (Phi) is 4.69. The average Bonchev–Trinajstić information content (AvgIpc) is 3.34. The molecule has 0 spiro atoms. The van der Waals surface area contributed by atoms with Gasteiger partial charge in [0.25, 0.3) is 0 Å². The second-order valence-electron chi connectivity index (χ2n) is 6.34. The molecule has 132 valence electrons. The van der Waals surface area contributed by atoms with Crippen molar-refractivity contribution >= 4 is 34.3 Å². The zero-order valence-corrected chi connectivity index (χ0v) is 14.9. The van der Waals surface area contributed by atoms with Gasteiger partial charge in [-0.05, 0) is 25.0 Å². The number of anilines is 3. The summed E-state index contributed by atoms with van der Waals surface area (Å²) in [4.78, 5) is 23.4. The summed E-state index contributed by atoms with van der Waals surface area (Å²) in [5.41, 5.74) is 0.828. The number of carbonyl (C=O) groups is 1. The summed E-state index contributed by atoms with van der Waals surface area (Å²) in [7, 11) is 0. The second kappa shape index (κ2) is 7.26. The van der Waals surface area contributed by atoms with E-state index in [-0.39, 0.29) is 6.03 Å². The lowest BCUT2D eigenvalue weighted by Gasteiger charge is -2.34. The lowest BCUT2D eigenvalue weighted by molar-refractivity contribution is 0.208. The molecule has 2 aliphatic rings. The number of para-hydroxylation sites is 1. The van der Waals surface area contributed by atoms with Gasteiger partial charge in [0.1, 0.15) is 0 Å². The molecule has 7 nitrogen and oxygen atoms in total. The molecule has 1 N–H and O–H groups in total. The number of benzene rings is 1. The van der Waals surface area contributed by atoms with Crippen LogP contribution in [0.25, 0.3) is 0 Å². The molecule has 25 heavy (non-hydrogen) atoms. The Labute approximate surface area is 151 Å². The standard InChI is InChI=1S/C17H22N6OS/c24-16(18-14-6-2-1-3-7-14)22-10-12-23(13-11-22)17-19-15(20-25-17)21-8-4-5-9-21/h1-3,6-7H,4-5,8-13H2,(H,18,24). The fourth-order valence-corrected chi connectivity index (χ4v) is 3.95. The molecule has 2 amide bonds. The highest BCUT2D eigenvalue weighted by atomic mass is 32.1. The number of amides is 2. The molecule has 0 bridgehead atoms. The minimum Gasteiger partial charge on any atom is -0.343 e. The lowest BCUT2D eigenvalue weighted by atomic mass is 10.3. The van der Waals surface area contributed by atoms with E-state index in [0.717, 1.165) is 42.9 Å². The maximum atomic E-state index is 12.4. The van der Waals surface area contributed by atoms with Crippen LogP contribution in [0.2, 0.25) is 0 Å². The number of urea groups is 1. The predicted octanol–water partition coefficient (Wildman–Crippen LogP) is 2.49. The number of carbonyl (C=O) groups excluding carboxylic acids is 1. The van der Waals surface area contributed by atoms with Crippen LogP contribution in [0.1, 0.15) is 12.8 Å². The van der Waals surface area contributed by atoms with E-state index in [0.29, 0.717) is 13.1 Å². The third-order valence-corrected chi connectivity index (χ3v) is 5.42. The van der Waals surface area contributed by atoms with Crippen molar-refractivity contribution in [1.29, 1.82) is 0 Å². The monoisotopic (exact) mass is 358 g/mol. The maximum absolute atomic E-state index is 12.4. The van der Waals surface area contributed by atoms with E-state index in [9.17, 15) is 4.79 Å². The largest absolute Gasteiger partial charge is 0.343 e. The Balaban J connectivity index is 1.31. The first-order chi connectivity index (χ1) is 12.3. The topological polar surface area (TPSA) is 64.6 Å². The van der Waals surface area contributed by atoms with Crippen molar-refractivity contribution < 1.29 is 4.79 Å². The van der Waals surface area contributed by atoms with E-state index in [1.807, 2.05) is 35.2 Å². The van der Waals surface area contributed by atoms with Crippen molar-refractivity contribution in [3.05, 3.63) is 30.3 Å². The lowest BCUT2D eigenvalue weighted by Crippen LogP contribution is -2.50. The van der Waals surface area contributed by atoms with E-state index in [1.54, 1.807) is 0 Å². The average molecular weight is 358 g/mol. The van der Waals surface area contributed by atoms with Crippen LogP contribution in [0, 0.1) is 0 Å². The molecule has 2 saturated heterocycles. The molecular formula is C17H22N6OS. The Morgan fingerprint density at radius 3 is 2.40 bits per heavy atom. The normalized spacial score (nSPS) is 17.8. The van der Waals surface area contributed by atoms with Crippen LogP contribution in [-0.2, 0) is 0 Å². The molecule has 2 aromatic rings. The van der Waals surface area contributed by atoms with Gasteiger partial charge in [-0.25, -0.2) is 4.79 Å². The van der Waals surface area contributed by atoms with Gasteiger partial charge in [-0.15, -0.1) is 0 Å². The zero-order valence-electron chi connectivity index (χ0n) is 14.1. The molecule has 8 heteroatoms. The van der Waals surface area contributed by atoms with E-state index in [2.05, 4.69) is 19.5 Å². The first-order valence-electron chi connectivity index (χ1n) is 8.74. The highest BCUT2D eigenvalue weighted by Crippen LogP contribution is 2.25. The highest BCUT2D eigenvalue weighted by Gasteiger charge is 2.24. The summed E-state index contributed by atoms with van der Waals surface area (Å²) in [6.45, 7) is 5.08. The third-order valence-electron chi connectivity index (χ3n) is 4.66. The fourth-order valence-electron chi connectivity index (χ4n) is 3.21. The van der Waals surface area contributed by atoms with Gasteiger partial charge in [0.15, 0.2) is 0 Å². The molecule has 1 aromatic heterocycles. The Morgan fingerprint density at radius 2 is 1.68 bits per heavy atom. The first-order valence-corrected chi connectivity index (χ1v) is 9.51. The van der Waals surface area contributed by atoms with Crippen LogP contribution in [0.4, 0.5) is 21.6 Å². The summed E-state index contributed by atoms with van der Waals surface area (Å²) in [5.74, 6) is 0.863. The van der Waals surface area contributed by atoms with Crippen LogP contribution in [0.5, 0.6) is 0 Å². The quantitative estimate of drug-likeness (QED) is 0.913. The number of hydrogen-bond donors (Lipinski definition) is 1. The molecule has 1 aromatic carbocycles. The van der Waals surface area contributed by atoms with Gasteiger partial charge < -0.3 is 20.0 Å². The molecule has 0 unspecified atom stereocenters. The van der Waals surface area contributed by atoms with Crippen LogP contribution in [-0.4, -0.2) is 59.6 Å². The molecule has 2 fully saturated rings. The van der Waals surface area contributed by atoms with Crippen molar-refractivity contribution in [2.24, 2.45) is 0 Å². The Hall–Kier alpha value is -2.35. The number of piperazine rings is 1. The smallest absolute Gasteiger partial charge is 0.321 e. The molecule has 0 radical (unpaired) electrons. The van der Waals surface area contributed by atoms with Crippen LogP contribution >= 0.6 is 11.5 Å². The SMILES string of the molecule is O=C(Nc1ccccc1)N1CCN(c2nc(N3CCCC3)ns2)CC1. The first kappa shape index (κ1) is 16.1. The van der Waals surface area contributed by atoms with Crippen LogP contribution in [0.3, 0.4) is 0 Å². The van der Waals surface area contributed by atoms with Gasteiger partial charge in [-0.2, -0.15) is 9.36 Å². The zero-order chi connectivity index (χ0) is 17.1. The van der Waals surface area contributed by atoms with Gasteiger partial charge in [-0.3, -0.25) is 0 Å². The Bertz CT molecular complexity index is 707. The summed E-state index contributed by atoms with van der Waals surface area (Å²) in [6.07, 6.45) is 2.45. The molecular weight excluding hydrogens is 336 g/mol. The number of rotatable bonds is 3. The summed E-state index contributed by atoms with van der Waals surface area (Å²) < 4.78 is 4.51. The van der Waals surface area contributed by atoms with Crippen molar-refractivity contribution in [3.8, 4) is 0 Å². The van der Waals surface area contributed by atoms with Gasteiger partial charge in [0.2, 0.25) is 11.1 Å². The predicted molar refractivity (Wildman–Crippen MR) is 101 cm³/mol. The van der Waals surface area contributed by atoms with E-state index in [4.69, 9.17) is 4.98 Å². The van der Waals surface area contributed by atoms with Crippen LogP contribution < -0.4 is 15.1 Å². The van der Waals surface area contributed by atoms with Gasteiger partial charge in [-0.1, -0.05) is 18.2 Å². The van der Waals surface area contributed by atoms with Crippen molar-refractivity contribution in [2.45, 2.75) is 12.8 Å². The van der Waals surface area contributed by atoms with Gasteiger partial charge >= 0.3 is 6.03 Å². The maximum Gasteiger partial charge on any atom is 0.321 e. The second-order valence-corrected chi connectivity index (χ2v) is 7.07. The van der Waals surface area contributed by atoms with Crippen molar-refractivity contribution in [2.75, 3.05) is 54.4 Å². The van der Waals surface area contributed by atoms with Crippen molar-refractivity contribution in [3.63, 3.8) is 0 Å². The highest BCUT2D eigenvalue weighted by molar-refractivity contribution is 7.09. The molecule has 0 atom stereocenters. The number of hydrogen-bond acceptors (Lipinski definition) is 6. The van der Waals surface area contributed by atoms with E-state index in [1.165, 1.54) is 24.4 Å². The van der Waals surface area contributed by atoms with Gasteiger partial charge in [0.05, 0.1) is 0 Å². The summed E-state index contributed by atoms with van der Waals surface area (Å²) >= 11 is 1.46. The molecule has 2 aliphatic heterocycles. The number of aromatic nitrogens is 2. The van der Waals surface area contributed by atoms with E-state index < -0.39 is 0 Å². The number of nitrogens with one attached hydrogen (secondary N) is 1. The molecule has 3 heterocycles. The van der Waals surface area contributed by atoms with Crippen LogP contribution in [0.15, 0.2) is 30.3 Å². The molecule has 4 rings (SSSR count).